The second kappa shape index (κ2) is 6.35. The van der Waals surface area contributed by atoms with Gasteiger partial charge in [-0.1, -0.05) is 46.6 Å². The maximum absolute atomic E-state index is 12.0. The van der Waals surface area contributed by atoms with E-state index in [-0.39, 0.29) is 6.10 Å². The van der Waals surface area contributed by atoms with Gasteiger partial charge in [-0.3, -0.25) is 4.57 Å². The fourth-order valence-corrected chi connectivity index (χ4v) is 3.24. The zero-order valence-corrected chi connectivity index (χ0v) is 12.9. The Morgan fingerprint density at radius 3 is 2.47 bits per heavy atom. The molecule has 0 aliphatic rings. The smallest absolute Gasteiger partial charge is 0.323 e. The Bertz CT molecular complexity index is 410. The number of rotatable bonds is 5. The SMILES string of the molecule is CCC(C)OP(=O)(O)C(Br)c1ccc(Cl)cc1. The molecule has 3 atom stereocenters. The van der Waals surface area contributed by atoms with Crippen LogP contribution in [0.4, 0.5) is 0 Å². The average molecular weight is 342 g/mol. The molecule has 96 valence electrons. The maximum atomic E-state index is 12.0. The Labute approximate surface area is 115 Å². The van der Waals surface area contributed by atoms with Crippen molar-refractivity contribution in [3.63, 3.8) is 0 Å². The third-order valence-electron chi connectivity index (χ3n) is 2.34. The third kappa shape index (κ3) is 4.38. The van der Waals surface area contributed by atoms with E-state index in [9.17, 15) is 9.46 Å². The molecule has 0 bridgehead atoms. The van der Waals surface area contributed by atoms with Crippen LogP contribution in [0.3, 0.4) is 0 Å². The van der Waals surface area contributed by atoms with Gasteiger partial charge in [0, 0.05) is 5.02 Å². The Morgan fingerprint density at radius 2 is 2.00 bits per heavy atom. The van der Waals surface area contributed by atoms with Crippen molar-refractivity contribution in [3.8, 4) is 0 Å². The lowest BCUT2D eigenvalue weighted by molar-refractivity contribution is 0.184. The molecule has 0 aliphatic heterocycles. The molecule has 0 amide bonds. The summed E-state index contributed by atoms with van der Waals surface area (Å²) in [5.41, 5.74) is 0.670. The normalized spacial score (nSPS) is 18.4. The van der Waals surface area contributed by atoms with Crippen LogP contribution in [0.5, 0.6) is 0 Å². The molecule has 3 nitrogen and oxygen atoms in total. The first kappa shape index (κ1) is 15.2. The molecule has 0 saturated carbocycles. The second-order valence-corrected chi connectivity index (χ2v) is 7.69. The van der Waals surface area contributed by atoms with E-state index < -0.39 is 12.2 Å². The minimum atomic E-state index is -3.72. The summed E-state index contributed by atoms with van der Waals surface area (Å²) in [7, 11) is -3.72. The molecule has 0 aromatic heterocycles. The first-order chi connectivity index (χ1) is 7.86. The summed E-state index contributed by atoms with van der Waals surface area (Å²) in [5, 5.41) is 0.587. The lowest BCUT2D eigenvalue weighted by atomic mass is 10.2. The van der Waals surface area contributed by atoms with E-state index in [2.05, 4.69) is 15.9 Å². The molecule has 1 N–H and O–H groups in total. The molecule has 6 heteroatoms. The van der Waals surface area contributed by atoms with Gasteiger partial charge in [0.1, 0.15) is 4.57 Å². The van der Waals surface area contributed by atoms with Crippen molar-refractivity contribution < 1.29 is 14.0 Å². The van der Waals surface area contributed by atoms with Crippen molar-refractivity contribution >= 4 is 35.1 Å². The molecule has 1 aromatic rings. The summed E-state index contributed by atoms with van der Waals surface area (Å²) in [4.78, 5) is 9.86. The summed E-state index contributed by atoms with van der Waals surface area (Å²) < 4.78 is 16.5. The molecule has 0 saturated heterocycles. The van der Waals surface area contributed by atoms with Gasteiger partial charge in [0.15, 0.2) is 0 Å². The summed E-state index contributed by atoms with van der Waals surface area (Å²) in [5.74, 6) is 0. The zero-order valence-electron chi connectivity index (χ0n) is 9.64. The first-order valence-corrected chi connectivity index (χ1v) is 8.21. The monoisotopic (exact) mass is 340 g/mol. The molecule has 1 rings (SSSR count). The van der Waals surface area contributed by atoms with Crippen molar-refractivity contribution in [1.82, 2.24) is 0 Å². The predicted molar refractivity (Wildman–Crippen MR) is 73.8 cm³/mol. The van der Waals surface area contributed by atoms with E-state index in [1.54, 1.807) is 31.2 Å². The van der Waals surface area contributed by atoms with Crippen LogP contribution in [0.25, 0.3) is 0 Å². The Kier molecular flexibility index (Phi) is 5.68. The molecular weight excluding hydrogens is 326 g/mol. The van der Waals surface area contributed by atoms with Gasteiger partial charge in [0.2, 0.25) is 0 Å². The largest absolute Gasteiger partial charge is 0.346 e. The molecule has 0 fully saturated rings. The van der Waals surface area contributed by atoms with Crippen molar-refractivity contribution in [2.75, 3.05) is 0 Å². The van der Waals surface area contributed by atoms with Crippen LogP contribution in [-0.2, 0) is 9.09 Å². The molecule has 0 heterocycles. The van der Waals surface area contributed by atoms with Gasteiger partial charge in [-0.25, -0.2) is 0 Å². The van der Waals surface area contributed by atoms with Crippen LogP contribution < -0.4 is 0 Å². The quantitative estimate of drug-likeness (QED) is 0.622. The van der Waals surface area contributed by atoms with Gasteiger partial charge in [-0.15, -0.1) is 0 Å². The highest BCUT2D eigenvalue weighted by atomic mass is 79.9. The second-order valence-electron chi connectivity index (χ2n) is 3.78. The summed E-state index contributed by atoms with van der Waals surface area (Å²) in [6, 6.07) is 6.75. The molecule has 0 aliphatic carbocycles. The van der Waals surface area contributed by atoms with Gasteiger partial charge in [-0.2, -0.15) is 0 Å². The van der Waals surface area contributed by atoms with E-state index >= 15 is 0 Å². The van der Waals surface area contributed by atoms with E-state index in [4.69, 9.17) is 16.1 Å². The van der Waals surface area contributed by atoms with E-state index in [0.29, 0.717) is 17.0 Å². The highest BCUT2D eigenvalue weighted by molar-refractivity contribution is 9.10. The highest BCUT2D eigenvalue weighted by Gasteiger charge is 2.33. The van der Waals surface area contributed by atoms with Crippen molar-refractivity contribution in [1.29, 1.82) is 0 Å². The number of alkyl halides is 1. The summed E-state index contributed by atoms with van der Waals surface area (Å²) in [6.07, 6.45) is 0.434. The Morgan fingerprint density at radius 1 is 1.47 bits per heavy atom. The number of benzene rings is 1. The van der Waals surface area contributed by atoms with Gasteiger partial charge in [-0.05, 0) is 31.0 Å². The number of halogens is 2. The fraction of sp³-hybridized carbons (Fsp3) is 0.455. The van der Waals surface area contributed by atoms with Crippen molar-refractivity contribution in [3.05, 3.63) is 34.9 Å². The van der Waals surface area contributed by atoms with E-state index in [0.717, 1.165) is 0 Å². The molecule has 0 spiro atoms. The minimum Gasteiger partial charge on any atom is -0.323 e. The van der Waals surface area contributed by atoms with Crippen LogP contribution in [0.15, 0.2) is 24.3 Å². The molecule has 3 unspecified atom stereocenters. The fourth-order valence-electron chi connectivity index (χ4n) is 1.20. The van der Waals surface area contributed by atoms with E-state index in [1.165, 1.54) is 0 Å². The van der Waals surface area contributed by atoms with Crippen molar-refractivity contribution in [2.24, 2.45) is 0 Å². The molecule has 0 radical (unpaired) electrons. The van der Waals surface area contributed by atoms with Crippen LogP contribution in [0.1, 0.15) is 30.4 Å². The van der Waals surface area contributed by atoms with Gasteiger partial charge in [0.25, 0.3) is 0 Å². The van der Waals surface area contributed by atoms with Gasteiger partial charge >= 0.3 is 7.60 Å². The first-order valence-electron chi connectivity index (χ1n) is 5.27. The average Bonchev–Trinajstić information content (AvgIpc) is 2.28. The summed E-state index contributed by atoms with van der Waals surface area (Å²) >= 11 is 8.97. The third-order valence-corrected chi connectivity index (χ3v) is 6.20. The Hall–Kier alpha value is 0.140. The van der Waals surface area contributed by atoms with Crippen LogP contribution >= 0.6 is 35.1 Å². The summed E-state index contributed by atoms with van der Waals surface area (Å²) in [6.45, 7) is 3.67. The predicted octanol–water partition coefficient (Wildman–Crippen LogP) is 4.73. The zero-order chi connectivity index (χ0) is 13.1. The highest BCUT2D eigenvalue weighted by Crippen LogP contribution is 2.60. The Balaban J connectivity index is 2.84. The van der Waals surface area contributed by atoms with Gasteiger partial charge in [0.05, 0.1) is 6.10 Å². The standard InChI is InChI=1S/C11H15BrClO3P/c1-3-8(2)16-17(14,15)11(12)9-4-6-10(13)7-5-9/h4-8,11H,3H2,1-2H3,(H,14,15). The van der Waals surface area contributed by atoms with Crippen molar-refractivity contribution in [2.45, 2.75) is 30.9 Å². The molecule has 17 heavy (non-hydrogen) atoms. The van der Waals surface area contributed by atoms with Gasteiger partial charge < -0.3 is 9.42 Å². The van der Waals surface area contributed by atoms with Crippen LogP contribution in [0, 0.1) is 0 Å². The lowest BCUT2D eigenvalue weighted by Gasteiger charge is -2.21. The molecular formula is C11H15BrClO3P. The van der Waals surface area contributed by atoms with Crippen LogP contribution in [0.2, 0.25) is 5.02 Å². The number of hydrogen-bond donors (Lipinski definition) is 1. The lowest BCUT2D eigenvalue weighted by Crippen LogP contribution is -2.06. The van der Waals surface area contributed by atoms with Crippen LogP contribution in [-0.4, -0.2) is 11.0 Å². The topological polar surface area (TPSA) is 46.5 Å². The minimum absolute atomic E-state index is 0.252. The maximum Gasteiger partial charge on any atom is 0.346 e. The van der Waals surface area contributed by atoms with E-state index in [1.807, 2.05) is 6.92 Å². The molecule has 1 aromatic carbocycles. The number of hydrogen-bond acceptors (Lipinski definition) is 2.